The lowest BCUT2D eigenvalue weighted by Crippen LogP contribution is -2.44. The first-order valence-electron chi connectivity index (χ1n) is 10.4. The van der Waals surface area contributed by atoms with Gasteiger partial charge in [0.05, 0.1) is 10.6 Å². The van der Waals surface area contributed by atoms with Gasteiger partial charge in [-0.25, -0.2) is 8.42 Å². The Bertz CT molecular complexity index is 982. The fourth-order valence-corrected chi connectivity index (χ4v) is 5.58. The number of sulfonamides is 1. The molecule has 1 amide bonds. The van der Waals surface area contributed by atoms with Gasteiger partial charge in [-0.1, -0.05) is 55.0 Å². The smallest absolute Gasteiger partial charge is 0.264 e. The van der Waals surface area contributed by atoms with Crippen molar-refractivity contribution in [1.82, 2.24) is 5.32 Å². The molecule has 1 saturated carbocycles. The molecule has 5 nitrogen and oxygen atoms in total. The molecule has 2 aromatic carbocycles. The summed E-state index contributed by atoms with van der Waals surface area (Å²) in [5, 5.41) is 3.57. The van der Waals surface area contributed by atoms with Crippen molar-refractivity contribution >= 4 is 33.2 Å². The second kappa shape index (κ2) is 9.84. The molecule has 0 unspecified atom stereocenters. The Labute approximate surface area is 184 Å². The van der Waals surface area contributed by atoms with E-state index in [0.29, 0.717) is 16.3 Å². The van der Waals surface area contributed by atoms with E-state index < -0.39 is 10.0 Å². The van der Waals surface area contributed by atoms with E-state index in [1.54, 1.807) is 49.4 Å². The van der Waals surface area contributed by atoms with E-state index in [1.807, 2.05) is 6.92 Å². The molecule has 3 rings (SSSR count). The van der Waals surface area contributed by atoms with Crippen LogP contribution in [0.15, 0.2) is 47.4 Å². The van der Waals surface area contributed by atoms with Gasteiger partial charge in [0.1, 0.15) is 6.54 Å². The van der Waals surface area contributed by atoms with Crippen molar-refractivity contribution in [1.29, 1.82) is 0 Å². The summed E-state index contributed by atoms with van der Waals surface area (Å²) in [6.07, 6.45) is 6.43. The Morgan fingerprint density at radius 1 is 1.03 bits per heavy atom. The van der Waals surface area contributed by atoms with Crippen molar-refractivity contribution in [2.24, 2.45) is 0 Å². The van der Waals surface area contributed by atoms with Gasteiger partial charge in [0, 0.05) is 11.1 Å². The highest BCUT2D eigenvalue weighted by Gasteiger charge is 2.29. The fraction of sp³-hybridized carbons (Fsp3) is 0.435. The summed E-state index contributed by atoms with van der Waals surface area (Å²) < 4.78 is 28.1. The molecule has 0 aromatic heterocycles. The van der Waals surface area contributed by atoms with E-state index in [-0.39, 0.29) is 23.4 Å². The number of hydrogen-bond donors (Lipinski definition) is 1. The molecule has 162 valence electrons. The lowest BCUT2D eigenvalue weighted by atomic mass is 10.1. The Morgan fingerprint density at radius 2 is 1.67 bits per heavy atom. The maximum atomic E-state index is 13.5. The average Bonchev–Trinajstić information content (AvgIpc) is 2.95. The number of anilines is 1. The lowest BCUT2D eigenvalue weighted by molar-refractivity contribution is -0.120. The minimum Gasteiger partial charge on any atom is -0.352 e. The number of carbonyl (C=O) groups excluding carboxylic acids is 1. The van der Waals surface area contributed by atoms with Crippen molar-refractivity contribution < 1.29 is 13.2 Å². The molecule has 1 aliphatic carbocycles. The first kappa shape index (κ1) is 22.6. The van der Waals surface area contributed by atoms with Gasteiger partial charge in [-0.2, -0.15) is 0 Å². The van der Waals surface area contributed by atoms with Crippen LogP contribution < -0.4 is 9.62 Å². The monoisotopic (exact) mass is 448 g/mol. The number of aryl methyl sites for hydroxylation is 2. The van der Waals surface area contributed by atoms with E-state index in [4.69, 9.17) is 11.6 Å². The highest BCUT2D eigenvalue weighted by molar-refractivity contribution is 7.92. The molecule has 0 radical (unpaired) electrons. The zero-order valence-corrected chi connectivity index (χ0v) is 19.1. The molecule has 0 bridgehead atoms. The lowest BCUT2D eigenvalue weighted by Gasteiger charge is -2.27. The zero-order valence-electron chi connectivity index (χ0n) is 17.5. The summed E-state index contributed by atoms with van der Waals surface area (Å²) >= 11 is 6.07. The number of halogens is 1. The predicted molar refractivity (Wildman–Crippen MR) is 122 cm³/mol. The van der Waals surface area contributed by atoms with E-state index in [1.165, 1.54) is 17.1 Å². The summed E-state index contributed by atoms with van der Waals surface area (Å²) in [7, 11) is -3.92. The molecular formula is C23H29ClN2O3S. The molecular weight excluding hydrogens is 420 g/mol. The standard InChI is InChI=1S/C23H29ClN2O3S/c1-17-9-12-21(13-10-17)30(28,29)26(22-14-11-19(24)15-18(22)2)16-23(27)25-20-7-5-3-4-6-8-20/h9-15,20H,3-8,16H2,1-2H3,(H,25,27). The minimum atomic E-state index is -3.92. The third kappa shape index (κ3) is 5.55. The molecule has 1 fully saturated rings. The van der Waals surface area contributed by atoms with Crippen LogP contribution in [0.4, 0.5) is 5.69 Å². The second-order valence-corrected chi connectivity index (χ2v) is 10.3. The maximum Gasteiger partial charge on any atom is 0.264 e. The maximum absolute atomic E-state index is 13.5. The zero-order chi connectivity index (χ0) is 21.7. The summed E-state index contributed by atoms with van der Waals surface area (Å²) in [6.45, 7) is 3.43. The molecule has 1 N–H and O–H groups in total. The first-order valence-corrected chi connectivity index (χ1v) is 12.2. The molecule has 0 atom stereocenters. The van der Waals surface area contributed by atoms with Gasteiger partial charge in [-0.3, -0.25) is 9.10 Å². The summed E-state index contributed by atoms with van der Waals surface area (Å²) in [6, 6.07) is 11.8. The second-order valence-electron chi connectivity index (χ2n) is 8.01. The van der Waals surface area contributed by atoms with Crippen LogP contribution in [-0.2, 0) is 14.8 Å². The third-order valence-electron chi connectivity index (χ3n) is 5.54. The highest BCUT2D eigenvalue weighted by atomic mass is 35.5. The number of carbonyl (C=O) groups is 1. The topological polar surface area (TPSA) is 66.5 Å². The molecule has 2 aromatic rings. The van der Waals surface area contributed by atoms with Crippen LogP contribution in [0.25, 0.3) is 0 Å². The molecule has 0 aliphatic heterocycles. The molecule has 30 heavy (non-hydrogen) atoms. The molecule has 0 saturated heterocycles. The quantitative estimate of drug-likeness (QED) is 0.633. The fourth-order valence-electron chi connectivity index (χ4n) is 3.86. The van der Waals surface area contributed by atoms with Crippen LogP contribution in [0.5, 0.6) is 0 Å². The Hall–Kier alpha value is -2.05. The average molecular weight is 449 g/mol. The van der Waals surface area contributed by atoms with Gasteiger partial charge in [0.2, 0.25) is 5.91 Å². The molecule has 1 aliphatic rings. The van der Waals surface area contributed by atoms with Gasteiger partial charge in [-0.05, 0) is 62.6 Å². The van der Waals surface area contributed by atoms with Crippen molar-refractivity contribution in [2.75, 3.05) is 10.8 Å². The van der Waals surface area contributed by atoms with Crippen molar-refractivity contribution in [3.8, 4) is 0 Å². The summed E-state index contributed by atoms with van der Waals surface area (Å²) in [5.41, 5.74) is 2.12. The third-order valence-corrected chi connectivity index (χ3v) is 7.55. The SMILES string of the molecule is Cc1ccc(S(=O)(=O)N(CC(=O)NC2CCCCCC2)c2ccc(Cl)cc2C)cc1. The Kier molecular flexibility index (Phi) is 7.42. The van der Waals surface area contributed by atoms with Gasteiger partial charge < -0.3 is 5.32 Å². The van der Waals surface area contributed by atoms with Gasteiger partial charge in [0.15, 0.2) is 0 Å². The Morgan fingerprint density at radius 3 is 2.27 bits per heavy atom. The number of rotatable bonds is 6. The van der Waals surface area contributed by atoms with Crippen LogP contribution in [-0.4, -0.2) is 26.9 Å². The van der Waals surface area contributed by atoms with E-state index in [9.17, 15) is 13.2 Å². The highest BCUT2D eigenvalue weighted by Crippen LogP contribution is 2.29. The summed E-state index contributed by atoms with van der Waals surface area (Å²) in [4.78, 5) is 13.0. The Balaban J connectivity index is 1.91. The van der Waals surface area contributed by atoms with Crippen LogP contribution in [0, 0.1) is 13.8 Å². The molecule has 0 heterocycles. The van der Waals surface area contributed by atoms with E-state index in [0.717, 1.165) is 31.2 Å². The van der Waals surface area contributed by atoms with Crippen LogP contribution in [0.2, 0.25) is 5.02 Å². The number of hydrogen-bond acceptors (Lipinski definition) is 3. The van der Waals surface area contributed by atoms with Crippen molar-refractivity contribution in [2.45, 2.75) is 63.3 Å². The first-order chi connectivity index (χ1) is 14.3. The van der Waals surface area contributed by atoms with Crippen LogP contribution >= 0.6 is 11.6 Å². The predicted octanol–water partition coefficient (Wildman–Crippen LogP) is 4.99. The van der Waals surface area contributed by atoms with E-state index >= 15 is 0 Å². The largest absolute Gasteiger partial charge is 0.352 e. The van der Waals surface area contributed by atoms with Crippen molar-refractivity contribution in [3.05, 3.63) is 58.6 Å². The number of nitrogens with zero attached hydrogens (tertiary/aromatic N) is 1. The van der Waals surface area contributed by atoms with E-state index in [2.05, 4.69) is 5.32 Å². The van der Waals surface area contributed by atoms with Gasteiger partial charge in [-0.15, -0.1) is 0 Å². The molecule has 0 spiro atoms. The number of amides is 1. The van der Waals surface area contributed by atoms with Crippen LogP contribution in [0.1, 0.15) is 49.7 Å². The molecule has 7 heteroatoms. The van der Waals surface area contributed by atoms with Crippen molar-refractivity contribution in [3.63, 3.8) is 0 Å². The minimum absolute atomic E-state index is 0.107. The van der Waals surface area contributed by atoms with Gasteiger partial charge in [0.25, 0.3) is 10.0 Å². The summed E-state index contributed by atoms with van der Waals surface area (Å²) in [5.74, 6) is -0.285. The number of benzene rings is 2. The van der Waals surface area contributed by atoms with Gasteiger partial charge >= 0.3 is 0 Å². The normalized spacial score (nSPS) is 15.4. The van der Waals surface area contributed by atoms with Crippen LogP contribution in [0.3, 0.4) is 0 Å². The number of nitrogens with one attached hydrogen (secondary N) is 1.